The molecule has 0 aliphatic carbocycles. The zero-order chi connectivity index (χ0) is 20.7. The zero-order valence-corrected chi connectivity index (χ0v) is 18.4. The molecule has 1 aromatic heterocycles. The quantitative estimate of drug-likeness (QED) is 0.657. The molecule has 1 fully saturated rings. The second-order valence-corrected chi connectivity index (χ2v) is 9.85. The molecule has 0 radical (unpaired) electrons. The summed E-state index contributed by atoms with van der Waals surface area (Å²) in [5, 5.41) is 6.87. The van der Waals surface area contributed by atoms with E-state index in [0.717, 1.165) is 31.5 Å². The van der Waals surface area contributed by atoms with Crippen molar-refractivity contribution in [3.8, 4) is 0 Å². The van der Waals surface area contributed by atoms with Gasteiger partial charge in [-0.05, 0) is 72.6 Å². The second-order valence-electron chi connectivity index (χ2n) is 7.30. The molecule has 29 heavy (non-hydrogen) atoms. The molecular weight excluding hydrogens is 406 g/mol. The molecule has 1 unspecified atom stereocenters. The number of anilines is 1. The predicted octanol–water partition coefficient (Wildman–Crippen LogP) is 3.99. The Hall–Kier alpha value is -1.74. The Bertz CT molecular complexity index is 872. The van der Waals surface area contributed by atoms with Crippen molar-refractivity contribution in [1.29, 1.82) is 0 Å². The third-order valence-electron chi connectivity index (χ3n) is 5.25. The summed E-state index contributed by atoms with van der Waals surface area (Å²) in [6.07, 6.45) is 5.15. The summed E-state index contributed by atoms with van der Waals surface area (Å²) in [5.74, 6) is -0.102. The van der Waals surface area contributed by atoms with Crippen LogP contribution in [0.4, 0.5) is 5.69 Å². The predicted molar refractivity (Wildman–Crippen MR) is 118 cm³/mol. The molecule has 1 aliphatic heterocycles. The van der Waals surface area contributed by atoms with Crippen molar-refractivity contribution in [3.05, 3.63) is 46.7 Å². The first-order chi connectivity index (χ1) is 14.0. The summed E-state index contributed by atoms with van der Waals surface area (Å²) in [7, 11) is -3.63. The summed E-state index contributed by atoms with van der Waals surface area (Å²) in [5.41, 5.74) is 1.76. The van der Waals surface area contributed by atoms with Crippen LogP contribution in [-0.4, -0.2) is 38.9 Å². The standard InChI is InChI=1S/C21H29N3O3S2/c1-2-21(25)23-18-7-9-19(10-8-18)29(26,27)22-15-20(17-11-14-28-16-17)24-12-5-3-4-6-13-24/h7-11,14,16,20,22H,2-6,12-13,15H2,1H3,(H,23,25). The van der Waals surface area contributed by atoms with Crippen LogP contribution < -0.4 is 10.0 Å². The van der Waals surface area contributed by atoms with Gasteiger partial charge in [-0.2, -0.15) is 11.3 Å². The first-order valence-corrected chi connectivity index (χ1v) is 12.6. The Kier molecular flexibility index (Phi) is 7.83. The fourth-order valence-corrected chi connectivity index (χ4v) is 5.31. The third kappa shape index (κ3) is 6.12. The number of hydrogen-bond donors (Lipinski definition) is 2. The van der Waals surface area contributed by atoms with Gasteiger partial charge >= 0.3 is 0 Å². The highest BCUT2D eigenvalue weighted by molar-refractivity contribution is 7.89. The molecule has 0 spiro atoms. The third-order valence-corrected chi connectivity index (χ3v) is 7.39. The monoisotopic (exact) mass is 435 g/mol. The summed E-state index contributed by atoms with van der Waals surface area (Å²) in [6, 6.07) is 8.41. The lowest BCUT2D eigenvalue weighted by molar-refractivity contribution is -0.115. The highest BCUT2D eigenvalue weighted by Crippen LogP contribution is 2.26. The minimum absolute atomic E-state index is 0.0391. The van der Waals surface area contributed by atoms with Crippen LogP contribution in [0.15, 0.2) is 46.0 Å². The first-order valence-electron chi connectivity index (χ1n) is 10.2. The number of thiophene rings is 1. The molecule has 3 rings (SSSR count). The fourth-order valence-electron chi connectivity index (χ4n) is 3.57. The van der Waals surface area contributed by atoms with Gasteiger partial charge in [0.2, 0.25) is 15.9 Å². The number of carbonyl (C=O) groups excluding carboxylic acids is 1. The summed E-state index contributed by atoms with van der Waals surface area (Å²) < 4.78 is 28.5. The molecular formula is C21H29N3O3S2. The van der Waals surface area contributed by atoms with E-state index in [-0.39, 0.29) is 16.8 Å². The highest BCUT2D eigenvalue weighted by Gasteiger charge is 2.24. The van der Waals surface area contributed by atoms with Gasteiger partial charge in [-0.25, -0.2) is 13.1 Å². The van der Waals surface area contributed by atoms with Crippen LogP contribution >= 0.6 is 11.3 Å². The number of likely N-dealkylation sites (tertiary alicyclic amines) is 1. The number of amides is 1. The number of hydrogen-bond acceptors (Lipinski definition) is 5. The van der Waals surface area contributed by atoms with Gasteiger partial charge in [0.15, 0.2) is 0 Å². The smallest absolute Gasteiger partial charge is 0.240 e. The number of benzene rings is 1. The zero-order valence-electron chi connectivity index (χ0n) is 16.8. The molecule has 0 bridgehead atoms. The van der Waals surface area contributed by atoms with Crippen LogP contribution in [0.25, 0.3) is 0 Å². The van der Waals surface area contributed by atoms with E-state index in [4.69, 9.17) is 0 Å². The number of sulfonamides is 1. The van der Waals surface area contributed by atoms with Crippen LogP contribution in [0.3, 0.4) is 0 Å². The molecule has 2 aromatic rings. The maximum Gasteiger partial charge on any atom is 0.240 e. The number of nitrogens with one attached hydrogen (secondary N) is 2. The van der Waals surface area contributed by atoms with Crippen molar-refractivity contribution in [2.75, 3.05) is 25.0 Å². The van der Waals surface area contributed by atoms with Gasteiger partial charge in [0.05, 0.1) is 4.90 Å². The molecule has 1 aliphatic rings. The lowest BCUT2D eigenvalue weighted by atomic mass is 10.1. The maximum atomic E-state index is 12.8. The molecule has 1 amide bonds. The lowest BCUT2D eigenvalue weighted by Crippen LogP contribution is -2.38. The minimum Gasteiger partial charge on any atom is -0.326 e. The van der Waals surface area contributed by atoms with Crippen LogP contribution in [0, 0.1) is 0 Å². The number of rotatable bonds is 8. The summed E-state index contributed by atoms with van der Waals surface area (Å²) >= 11 is 1.64. The minimum atomic E-state index is -3.63. The van der Waals surface area contributed by atoms with Crippen molar-refractivity contribution in [1.82, 2.24) is 9.62 Å². The van der Waals surface area contributed by atoms with Crippen LogP contribution in [-0.2, 0) is 14.8 Å². The number of nitrogens with zero attached hydrogens (tertiary/aromatic N) is 1. The normalized spacial score (nSPS) is 16.9. The van der Waals surface area contributed by atoms with Gasteiger partial charge in [-0.15, -0.1) is 0 Å². The van der Waals surface area contributed by atoms with E-state index in [2.05, 4.69) is 26.4 Å². The van der Waals surface area contributed by atoms with Crippen molar-refractivity contribution < 1.29 is 13.2 Å². The molecule has 8 heteroatoms. The average Bonchev–Trinajstić information content (AvgIpc) is 3.11. The van der Waals surface area contributed by atoms with Crippen LogP contribution in [0.1, 0.15) is 50.6 Å². The first kappa shape index (κ1) is 22.0. The SMILES string of the molecule is CCC(=O)Nc1ccc(S(=O)(=O)NCC(c2ccsc2)N2CCCCCC2)cc1. The molecule has 2 heterocycles. The van der Waals surface area contributed by atoms with Crippen LogP contribution in [0.2, 0.25) is 0 Å². The van der Waals surface area contributed by atoms with Gasteiger partial charge in [0, 0.05) is 24.7 Å². The second kappa shape index (κ2) is 10.3. The summed E-state index contributed by atoms with van der Waals surface area (Å²) in [6.45, 7) is 4.10. The molecule has 1 saturated heterocycles. The highest BCUT2D eigenvalue weighted by atomic mass is 32.2. The Morgan fingerprint density at radius 1 is 1.10 bits per heavy atom. The maximum absolute atomic E-state index is 12.8. The Balaban J connectivity index is 1.70. The van der Waals surface area contributed by atoms with E-state index >= 15 is 0 Å². The van der Waals surface area contributed by atoms with Gasteiger partial charge in [-0.3, -0.25) is 9.69 Å². The average molecular weight is 436 g/mol. The van der Waals surface area contributed by atoms with E-state index < -0.39 is 10.0 Å². The molecule has 0 saturated carbocycles. The van der Waals surface area contributed by atoms with Gasteiger partial charge in [0.25, 0.3) is 0 Å². The molecule has 6 nitrogen and oxygen atoms in total. The fraction of sp³-hybridized carbons (Fsp3) is 0.476. The van der Waals surface area contributed by atoms with Crippen molar-refractivity contribution >= 4 is 33.0 Å². The topological polar surface area (TPSA) is 78.5 Å². The molecule has 1 aromatic carbocycles. The Morgan fingerprint density at radius 3 is 2.38 bits per heavy atom. The largest absolute Gasteiger partial charge is 0.326 e. The van der Waals surface area contributed by atoms with Gasteiger partial charge < -0.3 is 5.32 Å². The van der Waals surface area contributed by atoms with Crippen molar-refractivity contribution in [2.24, 2.45) is 0 Å². The van der Waals surface area contributed by atoms with Crippen molar-refractivity contribution in [2.45, 2.75) is 50.0 Å². The van der Waals surface area contributed by atoms with Gasteiger partial charge in [-0.1, -0.05) is 19.8 Å². The Morgan fingerprint density at radius 2 is 1.79 bits per heavy atom. The molecule has 158 valence electrons. The van der Waals surface area contributed by atoms with E-state index in [1.54, 1.807) is 30.4 Å². The van der Waals surface area contributed by atoms with Gasteiger partial charge in [0.1, 0.15) is 0 Å². The summed E-state index contributed by atoms with van der Waals surface area (Å²) in [4.78, 5) is 14.1. The Labute approximate surface area is 177 Å². The number of carbonyl (C=O) groups is 1. The van der Waals surface area contributed by atoms with E-state index in [1.165, 1.54) is 25.0 Å². The van der Waals surface area contributed by atoms with E-state index in [1.807, 2.05) is 5.38 Å². The van der Waals surface area contributed by atoms with E-state index in [0.29, 0.717) is 18.7 Å². The van der Waals surface area contributed by atoms with E-state index in [9.17, 15) is 13.2 Å². The lowest BCUT2D eigenvalue weighted by Gasteiger charge is -2.30. The molecule has 1 atom stereocenters. The molecule has 2 N–H and O–H groups in total. The van der Waals surface area contributed by atoms with Crippen molar-refractivity contribution in [3.63, 3.8) is 0 Å². The van der Waals surface area contributed by atoms with Crippen LogP contribution in [0.5, 0.6) is 0 Å².